The number of aromatic hydroxyl groups is 1. The van der Waals surface area contributed by atoms with Gasteiger partial charge < -0.3 is 68.7 Å². The molecule has 1 saturated heterocycles. The van der Waals surface area contributed by atoms with Crippen LogP contribution in [-0.4, -0.2) is 146 Å². The average molecular weight is 926 g/mol. The number of nitrogens with zero attached hydrogens (tertiary/aromatic N) is 1. The fourth-order valence-corrected chi connectivity index (χ4v) is 7.11. The van der Waals surface area contributed by atoms with Gasteiger partial charge in [-0.1, -0.05) is 42.5 Å². The van der Waals surface area contributed by atoms with E-state index in [9.17, 15) is 63.6 Å². The highest BCUT2D eigenvalue weighted by atomic mass is 16.4. The zero-order valence-electron chi connectivity index (χ0n) is 37.2. The second-order valence-corrected chi connectivity index (χ2v) is 16.3. The number of carbonyl (C=O) groups is 9. The number of phenolic OH excluding ortho intramolecular Hbond substituents is 1. The first-order chi connectivity index (χ1) is 31.2. The molecule has 1 fully saturated rings. The predicted molar refractivity (Wildman–Crippen MR) is 237 cm³/mol. The SMILES string of the molecule is C[C@H](N)C(=O)N1CCC[C@H]1C(=O)N[C@H](C(=O)N[C@@H](CCCCN)C(=O)N[C@@H](CCC(=O)O)C(=O)N[C@@H](Cc1ccccc1)C(=O)N[C@@H](Cc1ccc(O)cc1)C(=O)N[C@@H](C)C(=O)O)[C@@H](C)O. The number of unbranched alkanes of at least 4 members (excludes halogenated alkanes) is 1. The van der Waals surface area contributed by atoms with Crippen molar-refractivity contribution in [1.82, 2.24) is 36.8 Å². The van der Waals surface area contributed by atoms with Crippen LogP contribution in [0.2, 0.25) is 0 Å². The maximum Gasteiger partial charge on any atom is 0.325 e. The van der Waals surface area contributed by atoms with Crippen LogP contribution in [0, 0.1) is 0 Å². The molecule has 1 aliphatic heterocycles. The Morgan fingerprint density at radius 2 is 1.20 bits per heavy atom. The molecule has 2 aromatic rings. The van der Waals surface area contributed by atoms with E-state index in [1.165, 1.54) is 49.9 Å². The van der Waals surface area contributed by atoms with Gasteiger partial charge in [-0.05, 0) is 89.1 Å². The molecular weight excluding hydrogens is 863 g/mol. The number of hydrogen-bond acceptors (Lipinski definition) is 13. The summed E-state index contributed by atoms with van der Waals surface area (Å²) in [6.45, 7) is 4.41. The molecular formula is C44H63N9O13. The molecule has 1 heterocycles. The Labute approximate surface area is 382 Å². The van der Waals surface area contributed by atoms with Crippen LogP contribution >= 0.6 is 0 Å². The Morgan fingerprint density at radius 1 is 0.682 bits per heavy atom. The van der Waals surface area contributed by atoms with Crippen LogP contribution in [-0.2, 0) is 56.0 Å². The first-order valence-electron chi connectivity index (χ1n) is 21.7. The van der Waals surface area contributed by atoms with E-state index in [0.29, 0.717) is 24.0 Å². The first kappa shape index (κ1) is 53.7. The molecule has 1 aliphatic rings. The monoisotopic (exact) mass is 925 g/mol. The quantitative estimate of drug-likeness (QED) is 0.0450. The van der Waals surface area contributed by atoms with Gasteiger partial charge in [-0.25, -0.2) is 0 Å². The van der Waals surface area contributed by atoms with Gasteiger partial charge in [0, 0.05) is 25.8 Å². The number of nitrogens with two attached hydrogens (primary N) is 2. The third-order valence-corrected chi connectivity index (χ3v) is 10.8. The molecule has 0 aliphatic carbocycles. The van der Waals surface area contributed by atoms with E-state index in [1.54, 1.807) is 30.3 Å². The van der Waals surface area contributed by atoms with Crippen LogP contribution in [0.4, 0.5) is 0 Å². The van der Waals surface area contributed by atoms with E-state index in [0.717, 1.165) is 0 Å². The lowest BCUT2D eigenvalue weighted by atomic mass is 10.0. The summed E-state index contributed by atoms with van der Waals surface area (Å²) in [6.07, 6.45) is -1.54. The predicted octanol–water partition coefficient (Wildman–Crippen LogP) is -2.10. The van der Waals surface area contributed by atoms with E-state index >= 15 is 0 Å². The van der Waals surface area contributed by atoms with E-state index in [1.807, 2.05) is 0 Å². The van der Waals surface area contributed by atoms with Crippen LogP contribution in [0.25, 0.3) is 0 Å². The highest BCUT2D eigenvalue weighted by Crippen LogP contribution is 2.19. The average Bonchev–Trinajstić information content (AvgIpc) is 3.76. The Hall–Kier alpha value is -6.65. The minimum Gasteiger partial charge on any atom is -0.508 e. The van der Waals surface area contributed by atoms with Crippen LogP contribution in [0.5, 0.6) is 5.75 Å². The third kappa shape index (κ3) is 17.0. The minimum absolute atomic E-state index is 0.0498. The van der Waals surface area contributed by atoms with Crippen LogP contribution in [0.3, 0.4) is 0 Å². The number of nitrogens with one attached hydrogen (secondary N) is 6. The van der Waals surface area contributed by atoms with Crippen molar-refractivity contribution in [2.75, 3.05) is 13.1 Å². The maximum atomic E-state index is 14.1. The summed E-state index contributed by atoms with van der Waals surface area (Å²) in [6, 6.07) is 3.36. The van der Waals surface area contributed by atoms with Crippen molar-refractivity contribution in [3.63, 3.8) is 0 Å². The number of phenols is 1. The van der Waals surface area contributed by atoms with Crippen molar-refractivity contribution in [2.45, 2.75) is 133 Å². The number of hydrogen-bond donors (Lipinski definition) is 12. The van der Waals surface area contributed by atoms with E-state index in [2.05, 4.69) is 31.9 Å². The van der Waals surface area contributed by atoms with Gasteiger partial charge in [0.15, 0.2) is 0 Å². The number of amides is 7. The van der Waals surface area contributed by atoms with Crippen LogP contribution < -0.4 is 43.4 Å². The van der Waals surface area contributed by atoms with E-state index < -0.39 is 121 Å². The van der Waals surface area contributed by atoms with Crippen molar-refractivity contribution in [3.05, 3.63) is 65.7 Å². The van der Waals surface area contributed by atoms with Crippen LogP contribution in [0.1, 0.15) is 76.8 Å². The summed E-state index contributed by atoms with van der Waals surface area (Å²) >= 11 is 0. The molecule has 3 rings (SSSR count). The van der Waals surface area contributed by atoms with Crippen LogP contribution in [0.15, 0.2) is 54.6 Å². The number of aliphatic hydroxyl groups is 1. The van der Waals surface area contributed by atoms with Gasteiger partial charge in [0.2, 0.25) is 41.4 Å². The summed E-state index contributed by atoms with van der Waals surface area (Å²) in [7, 11) is 0. The molecule has 66 heavy (non-hydrogen) atoms. The third-order valence-electron chi connectivity index (χ3n) is 10.8. The topological polar surface area (TPSA) is 362 Å². The Kier molecular flexibility index (Phi) is 21.4. The number of likely N-dealkylation sites (tertiary alicyclic amines) is 1. The lowest BCUT2D eigenvalue weighted by molar-refractivity contribution is -0.142. The molecule has 7 amide bonds. The van der Waals surface area contributed by atoms with Crippen molar-refractivity contribution in [2.24, 2.45) is 11.5 Å². The van der Waals surface area contributed by atoms with Crippen molar-refractivity contribution < 1.29 is 63.6 Å². The normalized spacial score (nSPS) is 17.0. The van der Waals surface area contributed by atoms with Gasteiger partial charge in [0.05, 0.1) is 12.1 Å². The largest absolute Gasteiger partial charge is 0.508 e. The lowest BCUT2D eigenvalue weighted by Crippen LogP contribution is -2.61. The van der Waals surface area contributed by atoms with Gasteiger partial charge in [0.25, 0.3) is 0 Å². The van der Waals surface area contributed by atoms with E-state index in [4.69, 9.17) is 11.5 Å². The van der Waals surface area contributed by atoms with E-state index in [-0.39, 0.29) is 50.9 Å². The molecule has 9 atom stereocenters. The molecule has 0 unspecified atom stereocenters. The molecule has 14 N–H and O–H groups in total. The number of benzene rings is 2. The lowest BCUT2D eigenvalue weighted by Gasteiger charge is -2.29. The molecule has 0 saturated carbocycles. The molecule has 22 nitrogen and oxygen atoms in total. The fourth-order valence-electron chi connectivity index (χ4n) is 7.11. The van der Waals surface area contributed by atoms with Gasteiger partial charge >= 0.3 is 11.9 Å². The molecule has 2 aromatic carbocycles. The smallest absolute Gasteiger partial charge is 0.325 e. The number of carbonyl (C=O) groups excluding carboxylic acids is 7. The number of aliphatic hydroxyl groups excluding tert-OH is 1. The summed E-state index contributed by atoms with van der Waals surface area (Å²) < 4.78 is 0. The summed E-state index contributed by atoms with van der Waals surface area (Å²) in [4.78, 5) is 120. The number of carboxylic acid groups (broad SMARTS) is 2. The van der Waals surface area contributed by atoms with Gasteiger partial charge in [-0.15, -0.1) is 0 Å². The molecule has 0 bridgehead atoms. The highest BCUT2D eigenvalue weighted by Gasteiger charge is 2.39. The maximum absolute atomic E-state index is 14.1. The number of rotatable bonds is 26. The van der Waals surface area contributed by atoms with Crippen molar-refractivity contribution in [3.8, 4) is 5.75 Å². The molecule has 0 radical (unpaired) electrons. The fraction of sp³-hybridized carbons (Fsp3) is 0.523. The Balaban J connectivity index is 1.90. The number of carboxylic acids is 2. The molecule has 0 spiro atoms. The van der Waals surface area contributed by atoms with Gasteiger partial charge in [-0.2, -0.15) is 0 Å². The number of aliphatic carboxylic acids is 2. The molecule has 0 aromatic heterocycles. The van der Waals surface area contributed by atoms with Crippen molar-refractivity contribution in [1.29, 1.82) is 0 Å². The summed E-state index contributed by atoms with van der Waals surface area (Å²) in [5.74, 6) is -8.67. The summed E-state index contributed by atoms with van der Waals surface area (Å²) in [5.41, 5.74) is 12.5. The Morgan fingerprint density at radius 3 is 1.73 bits per heavy atom. The second kappa shape index (κ2) is 26.3. The first-order valence-corrected chi connectivity index (χ1v) is 21.7. The molecule has 22 heteroatoms. The zero-order valence-corrected chi connectivity index (χ0v) is 37.2. The Bertz CT molecular complexity index is 2000. The zero-order chi connectivity index (χ0) is 49.1. The second-order valence-electron chi connectivity index (χ2n) is 16.3. The van der Waals surface area contributed by atoms with Gasteiger partial charge in [0.1, 0.15) is 48.0 Å². The standard InChI is InChI=1S/C44H63N9O13/c1-24(46)43(64)53-21-9-13-34(53)41(62)52-36(26(3)54)42(63)49-30(12-7-8-20-45)37(58)48-31(18-19-35(56)57)38(59)50-33(22-27-10-5-4-6-11-27)40(61)51-32(39(60)47-25(2)44(65)66)23-28-14-16-29(55)17-15-28/h4-6,10-11,14-17,24-26,30-34,36,54-55H,7-9,12-13,18-23,45-46H2,1-3H3,(H,47,60)(H,48,58)(H,49,63)(H,50,59)(H,51,61)(H,52,62)(H,56,57)(H,65,66)/t24-,25-,26+,30-,31-,32-,33-,34-,36-/m0/s1. The molecule has 362 valence electrons. The van der Waals surface area contributed by atoms with Gasteiger partial charge in [-0.3, -0.25) is 43.2 Å². The summed E-state index contributed by atoms with van der Waals surface area (Å²) in [5, 5.41) is 54.3. The van der Waals surface area contributed by atoms with Crippen molar-refractivity contribution >= 4 is 53.3 Å². The minimum atomic E-state index is -1.62. The highest BCUT2D eigenvalue weighted by molar-refractivity contribution is 5.98.